The second kappa shape index (κ2) is 6.33. The van der Waals surface area contributed by atoms with E-state index in [0.717, 1.165) is 8.95 Å². The molecule has 0 aliphatic rings. The molecule has 0 saturated carbocycles. The summed E-state index contributed by atoms with van der Waals surface area (Å²) in [7, 11) is 0. The Hall–Kier alpha value is -0.120. The minimum atomic E-state index is 0.193. The number of rotatable bonds is 2. The Bertz CT molecular complexity index is 595. The molecule has 20 heavy (non-hydrogen) atoms. The van der Waals surface area contributed by atoms with Gasteiger partial charge in [-0.2, -0.15) is 0 Å². The minimum Gasteiger partial charge on any atom is -0.0786 e. The Kier molecular flexibility index (Phi) is 5.14. The Labute approximate surface area is 146 Å². The van der Waals surface area contributed by atoms with Gasteiger partial charge in [-0.05, 0) is 34.2 Å². The predicted octanol–water partition coefficient (Wildman–Crippen LogP) is 6.99. The third-order valence-corrected chi connectivity index (χ3v) is 5.51. The normalized spacial score (nSPS) is 13.3. The smallest absolute Gasteiger partial charge is 0.0655 e. The van der Waals surface area contributed by atoms with E-state index in [1.165, 1.54) is 16.7 Å². The molecule has 0 fully saturated rings. The van der Waals surface area contributed by atoms with Crippen LogP contribution in [0.15, 0.2) is 51.4 Å². The molecule has 2 aromatic rings. The molecule has 0 aliphatic carbocycles. The summed E-state index contributed by atoms with van der Waals surface area (Å²) in [5, 5.41) is 0. The van der Waals surface area contributed by atoms with Gasteiger partial charge in [0.2, 0.25) is 0 Å². The molecule has 0 nitrogen and oxygen atoms in total. The summed E-state index contributed by atoms with van der Waals surface area (Å²) in [5.41, 5.74) is 4.05. The van der Waals surface area contributed by atoms with Crippen LogP contribution in [0.5, 0.6) is 0 Å². The van der Waals surface area contributed by atoms with Gasteiger partial charge in [0.1, 0.15) is 0 Å². The summed E-state index contributed by atoms with van der Waals surface area (Å²) >= 11 is 10.9. The number of alkyl halides is 1. The SMILES string of the molecule is CC(C)(C)c1ccc(C(Br)c2ccc(Br)cc2Br)cc1. The van der Waals surface area contributed by atoms with E-state index in [4.69, 9.17) is 0 Å². The molecule has 0 aliphatic heterocycles. The molecule has 0 heterocycles. The lowest BCUT2D eigenvalue weighted by atomic mass is 9.86. The van der Waals surface area contributed by atoms with Gasteiger partial charge in [0.05, 0.1) is 4.83 Å². The molecule has 0 radical (unpaired) electrons. The molecule has 0 N–H and O–H groups in total. The van der Waals surface area contributed by atoms with E-state index in [1.807, 2.05) is 0 Å². The van der Waals surface area contributed by atoms with Crippen LogP contribution < -0.4 is 0 Å². The summed E-state index contributed by atoms with van der Waals surface area (Å²) < 4.78 is 2.18. The third kappa shape index (κ3) is 3.75. The molecule has 0 spiro atoms. The van der Waals surface area contributed by atoms with Crippen LogP contribution in [-0.4, -0.2) is 0 Å². The van der Waals surface area contributed by atoms with Crippen molar-refractivity contribution in [3.8, 4) is 0 Å². The summed E-state index contributed by atoms with van der Waals surface area (Å²) in [6.45, 7) is 6.71. The van der Waals surface area contributed by atoms with Crippen LogP contribution in [-0.2, 0) is 5.41 Å². The van der Waals surface area contributed by atoms with Crippen molar-refractivity contribution < 1.29 is 0 Å². The first kappa shape index (κ1) is 16.3. The van der Waals surface area contributed by atoms with Crippen molar-refractivity contribution in [1.29, 1.82) is 0 Å². The molecule has 3 heteroatoms. The molecule has 0 saturated heterocycles. The Morgan fingerprint density at radius 1 is 0.900 bits per heavy atom. The number of halogens is 3. The van der Waals surface area contributed by atoms with Crippen LogP contribution in [0.25, 0.3) is 0 Å². The average Bonchev–Trinajstić information content (AvgIpc) is 2.37. The predicted molar refractivity (Wildman–Crippen MR) is 97.8 cm³/mol. The molecule has 1 unspecified atom stereocenters. The fraction of sp³-hybridized carbons (Fsp3) is 0.294. The van der Waals surface area contributed by atoms with Gasteiger partial charge in [-0.1, -0.05) is 98.9 Å². The fourth-order valence-corrected chi connectivity index (χ4v) is 4.33. The van der Waals surface area contributed by atoms with E-state index in [-0.39, 0.29) is 10.2 Å². The van der Waals surface area contributed by atoms with Crippen molar-refractivity contribution in [2.24, 2.45) is 0 Å². The zero-order valence-electron chi connectivity index (χ0n) is 11.8. The molecule has 106 valence electrons. The highest BCUT2D eigenvalue weighted by Gasteiger charge is 2.16. The Balaban J connectivity index is 2.31. The average molecular weight is 461 g/mol. The first-order valence-corrected chi connectivity index (χ1v) is 8.98. The zero-order chi connectivity index (χ0) is 14.9. The fourth-order valence-electron chi connectivity index (χ4n) is 2.04. The van der Waals surface area contributed by atoms with Gasteiger partial charge in [0, 0.05) is 8.95 Å². The maximum Gasteiger partial charge on any atom is 0.0655 e. The van der Waals surface area contributed by atoms with E-state index in [9.17, 15) is 0 Å². The van der Waals surface area contributed by atoms with Crippen molar-refractivity contribution in [2.45, 2.75) is 31.0 Å². The topological polar surface area (TPSA) is 0 Å². The van der Waals surface area contributed by atoms with Gasteiger partial charge in [-0.25, -0.2) is 0 Å². The van der Waals surface area contributed by atoms with E-state index < -0.39 is 0 Å². The van der Waals surface area contributed by atoms with Gasteiger partial charge in [-0.3, -0.25) is 0 Å². The third-order valence-electron chi connectivity index (χ3n) is 3.30. The number of benzene rings is 2. The highest BCUT2D eigenvalue weighted by molar-refractivity contribution is 9.11. The van der Waals surface area contributed by atoms with E-state index in [1.54, 1.807) is 0 Å². The summed E-state index contributed by atoms with van der Waals surface area (Å²) in [6.07, 6.45) is 0. The Morgan fingerprint density at radius 3 is 2.00 bits per heavy atom. The molecule has 0 bridgehead atoms. The molecular weight excluding hydrogens is 444 g/mol. The molecule has 0 aromatic heterocycles. The van der Waals surface area contributed by atoms with Crippen molar-refractivity contribution >= 4 is 47.8 Å². The van der Waals surface area contributed by atoms with Crippen LogP contribution >= 0.6 is 47.8 Å². The van der Waals surface area contributed by atoms with Crippen LogP contribution in [0.2, 0.25) is 0 Å². The molecule has 2 aromatic carbocycles. The van der Waals surface area contributed by atoms with Gasteiger partial charge in [0.25, 0.3) is 0 Å². The maximum absolute atomic E-state index is 3.80. The maximum atomic E-state index is 3.80. The van der Waals surface area contributed by atoms with Crippen LogP contribution in [0.3, 0.4) is 0 Å². The Morgan fingerprint density at radius 2 is 1.50 bits per heavy atom. The van der Waals surface area contributed by atoms with Crippen molar-refractivity contribution in [1.82, 2.24) is 0 Å². The van der Waals surface area contributed by atoms with E-state index in [2.05, 4.69) is 111 Å². The van der Waals surface area contributed by atoms with Crippen LogP contribution in [0.4, 0.5) is 0 Å². The quantitative estimate of drug-likeness (QED) is 0.423. The first-order valence-electron chi connectivity index (χ1n) is 6.48. The lowest BCUT2D eigenvalue weighted by Gasteiger charge is -2.20. The lowest BCUT2D eigenvalue weighted by Crippen LogP contribution is -2.10. The van der Waals surface area contributed by atoms with Gasteiger partial charge in [0.15, 0.2) is 0 Å². The second-order valence-corrected chi connectivity index (χ2v) is 8.59. The van der Waals surface area contributed by atoms with Crippen LogP contribution in [0, 0.1) is 0 Å². The number of hydrogen-bond donors (Lipinski definition) is 0. The summed E-state index contributed by atoms with van der Waals surface area (Å²) in [4.78, 5) is 0.194. The molecule has 1 atom stereocenters. The first-order chi connectivity index (χ1) is 9.29. The highest BCUT2D eigenvalue weighted by atomic mass is 79.9. The van der Waals surface area contributed by atoms with Gasteiger partial charge >= 0.3 is 0 Å². The van der Waals surface area contributed by atoms with Crippen molar-refractivity contribution in [3.05, 3.63) is 68.1 Å². The largest absolute Gasteiger partial charge is 0.0786 e. The van der Waals surface area contributed by atoms with Crippen LogP contribution in [0.1, 0.15) is 42.3 Å². The van der Waals surface area contributed by atoms with Crippen molar-refractivity contribution in [2.75, 3.05) is 0 Å². The minimum absolute atomic E-state index is 0.193. The monoisotopic (exact) mass is 458 g/mol. The molecule has 0 amide bonds. The zero-order valence-corrected chi connectivity index (χ0v) is 16.5. The lowest BCUT2D eigenvalue weighted by molar-refractivity contribution is 0.590. The molecular formula is C17H17Br3. The summed E-state index contributed by atoms with van der Waals surface area (Å²) in [6, 6.07) is 15.1. The van der Waals surface area contributed by atoms with E-state index >= 15 is 0 Å². The summed E-state index contributed by atoms with van der Waals surface area (Å²) in [5.74, 6) is 0. The standard InChI is InChI=1S/C17H17Br3/c1-17(2,3)12-6-4-11(5-7-12)16(20)14-9-8-13(18)10-15(14)19/h4-10,16H,1-3H3. The number of hydrogen-bond acceptors (Lipinski definition) is 0. The van der Waals surface area contributed by atoms with E-state index in [0.29, 0.717) is 0 Å². The highest BCUT2D eigenvalue weighted by Crippen LogP contribution is 2.37. The van der Waals surface area contributed by atoms with Crippen molar-refractivity contribution in [3.63, 3.8) is 0 Å². The van der Waals surface area contributed by atoms with Gasteiger partial charge < -0.3 is 0 Å². The van der Waals surface area contributed by atoms with Gasteiger partial charge in [-0.15, -0.1) is 0 Å². The molecule has 2 rings (SSSR count). The second-order valence-electron chi connectivity index (χ2n) is 5.90.